The molecule has 22 heavy (non-hydrogen) atoms. The monoisotopic (exact) mass is 319 g/mol. The van der Waals surface area contributed by atoms with Crippen LogP contribution in [0.1, 0.15) is 11.7 Å². The summed E-state index contributed by atoms with van der Waals surface area (Å²) in [5, 5.41) is 11.3. The van der Waals surface area contributed by atoms with Gasteiger partial charge in [0.25, 0.3) is 0 Å². The first kappa shape index (κ1) is 16.8. The fourth-order valence-electron chi connectivity index (χ4n) is 2.36. The van der Waals surface area contributed by atoms with E-state index in [1.807, 2.05) is 56.6 Å². The van der Waals surface area contributed by atoms with Crippen LogP contribution in [0.3, 0.4) is 0 Å². The molecule has 0 saturated carbocycles. The van der Waals surface area contributed by atoms with Crippen molar-refractivity contribution < 1.29 is 9.84 Å². The Morgan fingerprint density at radius 1 is 1.05 bits per heavy atom. The molecule has 1 N–H and O–H groups in total. The normalized spacial score (nSPS) is 13.9. The van der Waals surface area contributed by atoms with Gasteiger partial charge in [0.05, 0.1) is 12.7 Å². The molecule has 0 fully saturated rings. The molecule has 4 heteroatoms. The van der Waals surface area contributed by atoms with Crippen LogP contribution in [-0.2, 0) is 0 Å². The average Bonchev–Trinajstić information content (AvgIpc) is 2.52. The zero-order valence-electron chi connectivity index (χ0n) is 12.9. The Balaban J connectivity index is 2.06. The van der Waals surface area contributed by atoms with Crippen LogP contribution in [0.15, 0.2) is 54.6 Å². The molecular formula is C18H22ClNO2. The fourth-order valence-corrected chi connectivity index (χ4v) is 2.49. The lowest BCUT2D eigenvalue weighted by Crippen LogP contribution is -2.31. The van der Waals surface area contributed by atoms with Gasteiger partial charge in [-0.25, -0.2) is 0 Å². The first-order chi connectivity index (χ1) is 10.6. The van der Waals surface area contributed by atoms with Crippen LogP contribution in [0.4, 0.5) is 0 Å². The molecule has 2 aromatic carbocycles. The molecule has 2 unspecified atom stereocenters. The SMILES string of the molecule is CN(C)CC(COc1ccccc1)C(O)c1ccc(Cl)cc1. The molecular weight excluding hydrogens is 298 g/mol. The van der Waals surface area contributed by atoms with Crippen molar-refractivity contribution in [1.82, 2.24) is 4.90 Å². The Bertz CT molecular complexity index is 557. The number of rotatable bonds is 7. The topological polar surface area (TPSA) is 32.7 Å². The van der Waals surface area contributed by atoms with E-state index in [2.05, 4.69) is 4.90 Å². The highest BCUT2D eigenvalue weighted by molar-refractivity contribution is 6.30. The van der Waals surface area contributed by atoms with Crippen LogP contribution >= 0.6 is 11.6 Å². The summed E-state index contributed by atoms with van der Waals surface area (Å²) in [6.07, 6.45) is -0.594. The van der Waals surface area contributed by atoms with Crippen molar-refractivity contribution in [2.45, 2.75) is 6.10 Å². The minimum Gasteiger partial charge on any atom is -0.493 e. The molecule has 0 aliphatic rings. The zero-order valence-corrected chi connectivity index (χ0v) is 13.7. The Hall–Kier alpha value is -1.55. The summed E-state index contributed by atoms with van der Waals surface area (Å²) in [7, 11) is 3.98. The summed E-state index contributed by atoms with van der Waals surface area (Å²) >= 11 is 5.91. The van der Waals surface area contributed by atoms with E-state index in [1.54, 1.807) is 12.1 Å². The van der Waals surface area contributed by atoms with Gasteiger partial charge in [-0.1, -0.05) is 41.9 Å². The Morgan fingerprint density at radius 2 is 1.68 bits per heavy atom. The van der Waals surface area contributed by atoms with Crippen LogP contribution in [0.5, 0.6) is 5.75 Å². The number of aliphatic hydroxyl groups excluding tert-OH is 1. The second kappa shape index (κ2) is 8.18. The largest absolute Gasteiger partial charge is 0.493 e. The second-order valence-electron chi connectivity index (χ2n) is 5.64. The summed E-state index contributed by atoms with van der Waals surface area (Å²) in [5.41, 5.74) is 0.855. The number of para-hydroxylation sites is 1. The maximum absolute atomic E-state index is 10.6. The third-order valence-electron chi connectivity index (χ3n) is 3.46. The fraction of sp³-hybridized carbons (Fsp3) is 0.333. The van der Waals surface area contributed by atoms with Crippen molar-refractivity contribution in [3.8, 4) is 5.75 Å². The molecule has 0 amide bonds. The van der Waals surface area contributed by atoms with Gasteiger partial charge in [0.1, 0.15) is 5.75 Å². The molecule has 0 saturated heterocycles. The first-order valence-electron chi connectivity index (χ1n) is 7.32. The van der Waals surface area contributed by atoms with E-state index in [-0.39, 0.29) is 5.92 Å². The highest BCUT2D eigenvalue weighted by Gasteiger charge is 2.22. The van der Waals surface area contributed by atoms with Crippen LogP contribution < -0.4 is 4.74 Å². The summed E-state index contributed by atoms with van der Waals surface area (Å²) < 4.78 is 5.82. The van der Waals surface area contributed by atoms with E-state index in [9.17, 15) is 5.11 Å². The van der Waals surface area contributed by atoms with Gasteiger partial charge in [-0.2, -0.15) is 0 Å². The average molecular weight is 320 g/mol. The van der Waals surface area contributed by atoms with Crippen molar-refractivity contribution in [1.29, 1.82) is 0 Å². The number of nitrogens with zero attached hydrogens (tertiary/aromatic N) is 1. The summed E-state index contributed by atoms with van der Waals surface area (Å²) in [5.74, 6) is 0.783. The van der Waals surface area contributed by atoms with E-state index in [1.165, 1.54) is 0 Å². The van der Waals surface area contributed by atoms with Crippen LogP contribution in [0.25, 0.3) is 0 Å². The van der Waals surface area contributed by atoms with E-state index in [4.69, 9.17) is 16.3 Å². The Morgan fingerprint density at radius 3 is 2.27 bits per heavy atom. The zero-order chi connectivity index (χ0) is 15.9. The maximum atomic E-state index is 10.6. The third kappa shape index (κ3) is 5.02. The molecule has 0 aliphatic heterocycles. The van der Waals surface area contributed by atoms with Crippen molar-refractivity contribution in [3.63, 3.8) is 0 Å². The molecule has 0 spiro atoms. The maximum Gasteiger partial charge on any atom is 0.119 e. The van der Waals surface area contributed by atoms with Gasteiger partial charge in [0.2, 0.25) is 0 Å². The Labute approximate surface area is 137 Å². The lowest BCUT2D eigenvalue weighted by atomic mass is 9.96. The smallest absolute Gasteiger partial charge is 0.119 e. The van der Waals surface area contributed by atoms with Gasteiger partial charge in [-0.05, 0) is 43.9 Å². The van der Waals surface area contributed by atoms with E-state index >= 15 is 0 Å². The molecule has 2 atom stereocenters. The highest BCUT2D eigenvalue weighted by Crippen LogP contribution is 2.25. The number of hydrogen-bond donors (Lipinski definition) is 1. The molecule has 3 nitrogen and oxygen atoms in total. The van der Waals surface area contributed by atoms with Crippen LogP contribution in [0, 0.1) is 5.92 Å². The van der Waals surface area contributed by atoms with Crippen LogP contribution in [-0.4, -0.2) is 37.3 Å². The molecule has 0 radical (unpaired) electrons. The van der Waals surface area contributed by atoms with Gasteiger partial charge in [0.15, 0.2) is 0 Å². The summed E-state index contributed by atoms with van der Waals surface area (Å²) in [4.78, 5) is 2.05. The molecule has 0 bridgehead atoms. The standard InChI is InChI=1S/C18H22ClNO2/c1-20(2)12-15(13-22-17-6-4-3-5-7-17)18(21)14-8-10-16(19)11-9-14/h3-11,15,18,21H,12-13H2,1-2H3. The molecule has 118 valence electrons. The summed E-state index contributed by atoms with van der Waals surface area (Å²) in [6, 6.07) is 17.0. The lowest BCUT2D eigenvalue weighted by Gasteiger charge is -2.26. The third-order valence-corrected chi connectivity index (χ3v) is 3.72. The first-order valence-corrected chi connectivity index (χ1v) is 7.70. The summed E-state index contributed by atoms with van der Waals surface area (Å²) in [6.45, 7) is 1.18. The minimum atomic E-state index is -0.594. The van der Waals surface area contributed by atoms with E-state index < -0.39 is 6.10 Å². The predicted molar refractivity (Wildman–Crippen MR) is 90.4 cm³/mol. The molecule has 2 rings (SSSR count). The van der Waals surface area contributed by atoms with Crippen molar-refractivity contribution in [2.75, 3.05) is 27.2 Å². The number of hydrogen-bond acceptors (Lipinski definition) is 3. The minimum absolute atomic E-state index is 0.0311. The van der Waals surface area contributed by atoms with Crippen molar-refractivity contribution in [2.24, 2.45) is 5.92 Å². The van der Waals surface area contributed by atoms with Crippen molar-refractivity contribution in [3.05, 3.63) is 65.2 Å². The molecule has 0 aliphatic carbocycles. The number of ether oxygens (including phenoxy) is 1. The van der Waals surface area contributed by atoms with Crippen molar-refractivity contribution >= 4 is 11.6 Å². The Kier molecular flexibility index (Phi) is 6.25. The predicted octanol–water partition coefficient (Wildman–Crippen LogP) is 3.63. The van der Waals surface area contributed by atoms with E-state index in [0.717, 1.165) is 17.9 Å². The number of aliphatic hydroxyl groups is 1. The number of benzene rings is 2. The number of halogens is 1. The van der Waals surface area contributed by atoms with Gasteiger partial charge in [0, 0.05) is 17.5 Å². The van der Waals surface area contributed by atoms with Gasteiger partial charge in [-0.3, -0.25) is 0 Å². The molecule has 0 aromatic heterocycles. The van der Waals surface area contributed by atoms with Gasteiger partial charge < -0.3 is 14.7 Å². The molecule has 2 aromatic rings. The quantitative estimate of drug-likeness (QED) is 0.846. The lowest BCUT2D eigenvalue weighted by molar-refractivity contribution is 0.0584. The van der Waals surface area contributed by atoms with Crippen LogP contribution in [0.2, 0.25) is 5.02 Å². The second-order valence-corrected chi connectivity index (χ2v) is 6.08. The van der Waals surface area contributed by atoms with Gasteiger partial charge in [-0.15, -0.1) is 0 Å². The molecule has 0 heterocycles. The highest BCUT2D eigenvalue weighted by atomic mass is 35.5. The van der Waals surface area contributed by atoms with Gasteiger partial charge >= 0.3 is 0 Å². The van der Waals surface area contributed by atoms with E-state index in [0.29, 0.717) is 11.6 Å².